The van der Waals surface area contributed by atoms with Crippen LogP contribution in [0.25, 0.3) is 0 Å². The molecule has 1 aliphatic heterocycles. The Morgan fingerprint density at radius 3 is 2.87 bits per heavy atom. The van der Waals surface area contributed by atoms with Crippen molar-refractivity contribution in [3.8, 4) is 0 Å². The molecule has 2 atom stereocenters. The lowest BCUT2D eigenvalue weighted by molar-refractivity contribution is -0.0334. The van der Waals surface area contributed by atoms with E-state index in [1.165, 1.54) is 0 Å². The molecular formula is C10H18F2O3. The minimum Gasteiger partial charge on any atom is -0.393 e. The van der Waals surface area contributed by atoms with Crippen LogP contribution in [0.5, 0.6) is 0 Å². The highest BCUT2D eigenvalue weighted by atomic mass is 19.3. The Hall–Kier alpha value is -0.260. The molecule has 1 N–H and O–H groups in total. The largest absolute Gasteiger partial charge is 0.393 e. The van der Waals surface area contributed by atoms with E-state index in [4.69, 9.17) is 9.47 Å². The summed E-state index contributed by atoms with van der Waals surface area (Å²) in [4.78, 5) is 0. The highest BCUT2D eigenvalue weighted by Gasteiger charge is 2.21. The highest BCUT2D eigenvalue weighted by molar-refractivity contribution is 4.71. The van der Waals surface area contributed by atoms with Gasteiger partial charge >= 0.3 is 0 Å². The molecule has 1 rings (SSSR count). The van der Waals surface area contributed by atoms with Gasteiger partial charge in [-0.3, -0.25) is 0 Å². The molecule has 1 aliphatic rings. The first-order valence-electron chi connectivity index (χ1n) is 5.32. The predicted molar refractivity (Wildman–Crippen MR) is 51.0 cm³/mol. The van der Waals surface area contributed by atoms with Crippen LogP contribution < -0.4 is 0 Å². The van der Waals surface area contributed by atoms with Crippen molar-refractivity contribution in [3.63, 3.8) is 0 Å². The fourth-order valence-electron chi connectivity index (χ4n) is 1.68. The third-order valence-electron chi connectivity index (χ3n) is 2.54. The van der Waals surface area contributed by atoms with Crippen molar-refractivity contribution in [2.75, 3.05) is 26.4 Å². The first-order chi connectivity index (χ1) is 7.20. The van der Waals surface area contributed by atoms with Crippen LogP contribution in [0.15, 0.2) is 0 Å². The standard InChI is InChI=1S/C10H18F2O3/c11-10(12)7-15-5-3-9(13)8-2-1-4-14-6-8/h8-10,13H,1-7H2. The van der Waals surface area contributed by atoms with Crippen molar-refractivity contribution >= 4 is 0 Å². The van der Waals surface area contributed by atoms with Crippen LogP contribution in [0.2, 0.25) is 0 Å². The lowest BCUT2D eigenvalue weighted by Gasteiger charge is -2.26. The van der Waals surface area contributed by atoms with E-state index in [1.807, 2.05) is 0 Å². The van der Waals surface area contributed by atoms with Gasteiger partial charge in [-0.1, -0.05) is 0 Å². The molecule has 5 heteroatoms. The molecule has 15 heavy (non-hydrogen) atoms. The summed E-state index contributed by atoms with van der Waals surface area (Å²) in [6.45, 7) is 0.955. The van der Waals surface area contributed by atoms with Gasteiger partial charge in [0.25, 0.3) is 6.43 Å². The molecule has 1 heterocycles. The lowest BCUT2D eigenvalue weighted by atomic mass is 9.94. The fraction of sp³-hybridized carbons (Fsp3) is 1.00. The lowest BCUT2D eigenvalue weighted by Crippen LogP contribution is -2.30. The Morgan fingerprint density at radius 2 is 2.27 bits per heavy atom. The quantitative estimate of drug-likeness (QED) is 0.694. The van der Waals surface area contributed by atoms with E-state index in [0.29, 0.717) is 13.0 Å². The van der Waals surface area contributed by atoms with Crippen molar-refractivity contribution < 1.29 is 23.4 Å². The highest BCUT2D eigenvalue weighted by Crippen LogP contribution is 2.19. The van der Waals surface area contributed by atoms with Crippen LogP contribution >= 0.6 is 0 Å². The third kappa shape index (κ3) is 5.39. The monoisotopic (exact) mass is 224 g/mol. The molecule has 2 unspecified atom stereocenters. The Balaban J connectivity index is 2.04. The summed E-state index contributed by atoms with van der Waals surface area (Å²) in [5, 5.41) is 9.69. The summed E-state index contributed by atoms with van der Waals surface area (Å²) < 4.78 is 33.3. The molecule has 0 saturated carbocycles. The van der Waals surface area contributed by atoms with Gasteiger partial charge in [0, 0.05) is 19.1 Å². The third-order valence-corrected chi connectivity index (χ3v) is 2.54. The maximum absolute atomic E-state index is 11.7. The Bertz CT molecular complexity index is 161. The van der Waals surface area contributed by atoms with Gasteiger partial charge in [0.05, 0.1) is 12.7 Å². The van der Waals surface area contributed by atoms with Crippen LogP contribution in [0, 0.1) is 5.92 Å². The second kappa shape index (κ2) is 7.09. The fourth-order valence-corrected chi connectivity index (χ4v) is 1.68. The van der Waals surface area contributed by atoms with Gasteiger partial charge in [-0.25, -0.2) is 8.78 Å². The topological polar surface area (TPSA) is 38.7 Å². The summed E-state index contributed by atoms with van der Waals surface area (Å²) in [7, 11) is 0. The van der Waals surface area contributed by atoms with E-state index in [-0.39, 0.29) is 12.5 Å². The summed E-state index contributed by atoms with van der Waals surface area (Å²) >= 11 is 0. The average Bonchev–Trinajstić information content (AvgIpc) is 2.25. The van der Waals surface area contributed by atoms with Crippen molar-refractivity contribution in [3.05, 3.63) is 0 Å². The molecule has 1 saturated heterocycles. The molecule has 0 spiro atoms. The number of aliphatic hydroxyl groups is 1. The van der Waals surface area contributed by atoms with E-state index in [0.717, 1.165) is 19.4 Å². The zero-order chi connectivity index (χ0) is 11.1. The molecule has 0 radical (unpaired) electrons. The SMILES string of the molecule is OC(CCOCC(F)F)C1CCCOC1. The maximum atomic E-state index is 11.7. The van der Waals surface area contributed by atoms with Crippen molar-refractivity contribution in [2.24, 2.45) is 5.92 Å². The summed E-state index contributed by atoms with van der Waals surface area (Å²) in [6, 6.07) is 0. The van der Waals surface area contributed by atoms with Gasteiger partial charge in [0.2, 0.25) is 0 Å². The molecule has 0 bridgehead atoms. The van der Waals surface area contributed by atoms with Gasteiger partial charge in [0.15, 0.2) is 0 Å². The number of hydrogen-bond donors (Lipinski definition) is 1. The molecule has 1 fully saturated rings. The summed E-state index contributed by atoms with van der Waals surface area (Å²) in [6.07, 6.45) is -0.626. The predicted octanol–water partition coefficient (Wildman–Crippen LogP) is 1.45. The van der Waals surface area contributed by atoms with Gasteiger partial charge < -0.3 is 14.6 Å². The van der Waals surface area contributed by atoms with Crippen LogP contribution in [0.4, 0.5) is 8.78 Å². The molecule has 0 aromatic carbocycles. The number of alkyl halides is 2. The number of aliphatic hydroxyl groups excluding tert-OH is 1. The molecule has 0 aromatic heterocycles. The van der Waals surface area contributed by atoms with Crippen LogP contribution in [0.3, 0.4) is 0 Å². The average molecular weight is 224 g/mol. The number of halogens is 2. The number of rotatable bonds is 6. The van der Waals surface area contributed by atoms with Crippen LogP contribution in [-0.2, 0) is 9.47 Å². The zero-order valence-corrected chi connectivity index (χ0v) is 8.70. The Labute approximate surface area is 88.4 Å². The summed E-state index contributed by atoms with van der Waals surface area (Å²) in [5.74, 6) is 0.133. The molecule has 0 amide bonds. The van der Waals surface area contributed by atoms with Crippen LogP contribution in [-0.4, -0.2) is 44.1 Å². The van der Waals surface area contributed by atoms with Crippen molar-refractivity contribution in [2.45, 2.75) is 31.8 Å². The molecule has 90 valence electrons. The molecule has 0 aliphatic carbocycles. The van der Waals surface area contributed by atoms with E-state index in [9.17, 15) is 13.9 Å². The van der Waals surface area contributed by atoms with E-state index >= 15 is 0 Å². The zero-order valence-electron chi connectivity index (χ0n) is 8.70. The van der Waals surface area contributed by atoms with Gasteiger partial charge in [-0.2, -0.15) is 0 Å². The first kappa shape index (κ1) is 12.8. The number of ether oxygens (including phenoxy) is 2. The molecule has 0 aromatic rings. The van der Waals surface area contributed by atoms with Gasteiger partial charge in [0.1, 0.15) is 6.61 Å². The van der Waals surface area contributed by atoms with Gasteiger partial charge in [-0.05, 0) is 19.3 Å². The van der Waals surface area contributed by atoms with Crippen LogP contribution in [0.1, 0.15) is 19.3 Å². The molecular weight excluding hydrogens is 206 g/mol. The second-order valence-electron chi connectivity index (χ2n) is 3.80. The Morgan fingerprint density at radius 1 is 1.47 bits per heavy atom. The Kier molecular flexibility index (Phi) is 6.05. The summed E-state index contributed by atoms with van der Waals surface area (Å²) in [5.41, 5.74) is 0. The van der Waals surface area contributed by atoms with E-state index < -0.39 is 19.1 Å². The van der Waals surface area contributed by atoms with E-state index in [2.05, 4.69) is 0 Å². The maximum Gasteiger partial charge on any atom is 0.261 e. The minimum atomic E-state index is -2.43. The molecule has 3 nitrogen and oxygen atoms in total. The van der Waals surface area contributed by atoms with Crippen molar-refractivity contribution in [1.82, 2.24) is 0 Å². The number of hydrogen-bond acceptors (Lipinski definition) is 3. The van der Waals surface area contributed by atoms with Gasteiger partial charge in [-0.15, -0.1) is 0 Å². The smallest absolute Gasteiger partial charge is 0.261 e. The normalized spacial score (nSPS) is 24.4. The first-order valence-corrected chi connectivity index (χ1v) is 5.32. The minimum absolute atomic E-state index is 0.133. The van der Waals surface area contributed by atoms with E-state index in [1.54, 1.807) is 0 Å². The van der Waals surface area contributed by atoms with Crippen molar-refractivity contribution in [1.29, 1.82) is 0 Å². The second-order valence-corrected chi connectivity index (χ2v) is 3.80.